The Bertz CT molecular complexity index is 500. The van der Waals surface area contributed by atoms with Crippen LogP contribution in [0, 0.1) is 11.3 Å². The first-order chi connectivity index (χ1) is 11.8. The van der Waals surface area contributed by atoms with Gasteiger partial charge in [0, 0.05) is 43.1 Å². The second kappa shape index (κ2) is 7.86. The van der Waals surface area contributed by atoms with Crippen LogP contribution in [0.3, 0.4) is 0 Å². The molecule has 0 N–H and O–H groups in total. The first kappa shape index (κ1) is 17.0. The van der Waals surface area contributed by atoms with E-state index < -0.39 is 0 Å². The lowest BCUT2D eigenvalue weighted by Gasteiger charge is -2.50. The molecular formula is C20H31NO2S. The Balaban J connectivity index is 1.37. The molecule has 3 aliphatic rings. The SMILES string of the molecule is c1csc(CN2CC[C@@H]3OCCC[C@]3(COCC3CCCC3)C2)c1. The minimum absolute atomic E-state index is 0.229. The third-order valence-corrected chi connectivity index (χ3v) is 7.11. The number of fused-ring (bicyclic) bond motifs is 1. The predicted octanol–water partition coefficient (Wildman–Crippen LogP) is 4.33. The molecule has 4 heteroatoms. The summed E-state index contributed by atoms with van der Waals surface area (Å²) >= 11 is 1.88. The average Bonchev–Trinajstić information content (AvgIpc) is 3.28. The van der Waals surface area contributed by atoms with Gasteiger partial charge in [-0.1, -0.05) is 18.9 Å². The minimum atomic E-state index is 0.229. The van der Waals surface area contributed by atoms with E-state index in [4.69, 9.17) is 9.47 Å². The molecule has 1 saturated carbocycles. The van der Waals surface area contributed by atoms with Crippen molar-refractivity contribution in [3.63, 3.8) is 0 Å². The molecule has 2 atom stereocenters. The lowest BCUT2D eigenvalue weighted by atomic mass is 9.73. The van der Waals surface area contributed by atoms with Crippen molar-refractivity contribution in [3.8, 4) is 0 Å². The lowest BCUT2D eigenvalue weighted by Crippen LogP contribution is -2.56. The number of ether oxygens (including phenoxy) is 2. The van der Waals surface area contributed by atoms with Crippen LogP contribution in [0.4, 0.5) is 0 Å². The maximum absolute atomic E-state index is 6.30. The van der Waals surface area contributed by atoms with Crippen molar-refractivity contribution >= 4 is 11.3 Å². The topological polar surface area (TPSA) is 21.7 Å². The van der Waals surface area contributed by atoms with Gasteiger partial charge in [0.1, 0.15) is 0 Å². The van der Waals surface area contributed by atoms with Crippen LogP contribution < -0.4 is 0 Å². The number of piperidine rings is 1. The van der Waals surface area contributed by atoms with Crippen molar-refractivity contribution in [2.24, 2.45) is 11.3 Å². The highest BCUT2D eigenvalue weighted by Crippen LogP contribution is 2.41. The van der Waals surface area contributed by atoms with Crippen LogP contribution in [0.2, 0.25) is 0 Å². The average molecular weight is 350 g/mol. The summed E-state index contributed by atoms with van der Waals surface area (Å²) in [6.45, 7) is 6.20. The summed E-state index contributed by atoms with van der Waals surface area (Å²) in [5.41, 5.74) is 0.229. The Kier molecular flexibility index (Phi) is 5.57. The van der Waals surface area contributed by atoms with E-state index in [0.29, 0.717) is 6.10 Å². The highest BCUT2D eigenvalue weighted by atomic mass is 32.1. The van der Waals surface area contributed by atoms with Gasteiger partial charge in [0.25, 0.3) is 0 Å². The summed E-state index contributed by atoms with van der Waals surface area (Å²) < 4.78 is 12.5. The zero-order valence-corrected chi connectivity index (χ0v) is 15.6. The molecule has 1 aromatic rings. The summed E-state index contributed by atoms with van der Waals surface area (Å²) in [6.07, 6.45) is 9.58. The summed E-state index contributed by atoms with van der Waals surface area (Å²) in [7, 11) is 0. The van der Waals surface area contributed by atoms with Crippen molar-refractivity contribution in [1.82, 2.24) is 4.90 Å². The lowest BCUT2D eigenvalue weighted by molar-refractivity contribution is -0.155. The molecule has 0 bridgehead atoms. The zero-order valence-electron chi connectivity index (χ0n) is 14.8. The molecule has 2 aliphatic heterocycles. The third kappa shape index (κ3) is 3.87. The summed E-state index contributed by atoms with van der Waals surface area (Å²) in [5.74, 6) is 0.815. The fourth-order valence-corrected chi connectivity index (χ4v) is 5.70. The summed E-state index contributed by atoms with van der Waals surface area (Å²) in [4.78, 5) is 4.11. The molecule has 0 unspecified atom stereocenters. The van der Waals surface area contributed by atoms with E-state index in [-0.39, 0.29) is 5.41 Å². The van der Waals surface area contributed by atoms with E-state index in [1.165, 1.54) is 43.4 Å². The standard InChI is InChI=1S/C20H31NO2S/c1-2-6-17(5-1)14-22-16-20-9-4-11-23-19(20)8-10-21(15-20)13-18-7-3-12-24-18/h3,7,12,17,19H,1-2,4-6,8-11,13-16H2/t19-,20+/m0/s1. The molecule has 134 valence electrons. The van der Waals surface area contributed by atoms with Crippen molar-refractivity contribution in [2.75, 3.05) is 32.9 Å². The van der Waals surface area contributed by atoms with Gasteiger partial charge in [-0.2, -0.15) is 0 Å². The van der Waals surface area contributed by atoms with E-state index in [1.807, 2.05) is 11.3 Å². The first-order valence-electron chi connectivity index (χ1n) is 9.78. The molecule has 2 saturated heterocycles. The second-order valence-electron chi connectivity index (χ2n) is 8.07. The van der Waals surface area contributed by atoms with E-state index >= 15 is 0 Å². The van der Waals surface area contributed by atoms with Crippen LogP contribution in [-0.4, -0.2) is 43.9 Å². The van der Waals surface area contributed by atoms with Gasteiger partial charge in [-0.15, -0.1) is 11.3 Å². The molecule has 0 aromatic carbocycles. The molecular weight excluding hydrogens is 318 g/mol. The molecule has 3 fully saturated rings. The maximum Gasteiger partial charge on any atom is 0.0677 e. The molecule has 4 rings (SSSR count). The van der Waals surface area contributed by atoms with Crippen LogP contribution in [0.5, 0.6) is 0 Å². The highest BCUT2D eigenvalue weighted by molar-refractivity contribution is 7.09. The predicted molar refractivity (Wildman–Crippen MR) is 98.4 cm³/mol. The van der Waals surface area contributed by atoms with Gasteiger partial charge in [-0.3, -0.25) is 4.90 Å². The van der Waals surface area contributed by atoms with Gasteiger partial charge in [0.15, 0.2) is 0 Å². The van der Waals surface area contributed by atoms with E-state index in [1.54, 1.807) is 0 Å². The largest absolute Gasteiger partial charge is 0.380 e. The molecule has 0 amide bonds. The third-order valence-electron chi connectivity index (χ3n) is 6.24. The summed E-state index contributed by atoms with van der Waals surface area (Å²) in [5, 5.41) is 2.19. The Morgan fingerprint density at radius 3 is 3.00 bits per heavy atom. The number of thiophene rings is 1. The van der Waals surface area contributed by atoms with Gasteiger partial charge >= 0.3 is 0 Å². The number of rotatable bonds is 6. The maximum atomic E-state index is 6.30. The molecule has 3 heterocycles. The van der Waals surface area contributed by atoms with Gasteiger partial charge in [0.05, 0.1) is 12.7 Å². The Morgan fingerprint density at radius 1 is 1.25 bits per heavy atom. The first-order valence-corrected chi connectivity index (χ1v) is 10.7. The van der Waals surface area contributed by atoms with Gasteiger partial charge in [0.2, 0.25) is 0 Å². The normalized spacial score (nSPS) is 32.1. The fourth-order valence-electron chi connectivity index (χ4n) is 4.96. The number of likely N-dealkylation sites (tertiary alicyclic amines) is 1. The Hall–Kier alpha value is -0.420. The molecule has 1 aromatic heterocycles. The minimum Gasteiger partial charge on any atom is -0.380 e. The van der Waals surface area contributed by atoms with Crippen molar-refractivity contribution in [1.29, 1.82) is 0 Å². The van der Waals surface area contributed by atoms with Crippen LogP contribution in [-0.2, 0) is 16.0 Å². The van der Waals surface area contributed by atoms with Gasteiger partial charge in [-0.25, -0.2) is 0 Å². The van der Waals surface area contributed by atoms with Gasteiger partial charge in [-0.05, 0) is 49.5 Å². The second-order valence-corrected chi connectivity index (χ2v) is 9.10. The smallest absolute Gasteiger partial charge is 0.0677 e. The molecule has 3 nitrogen and oxygen atoms in total. The zero-order chi connectivity index (χ0) is 16.2. The fraction of sp³-hybridized carbons (Fsp3) is 0.800. The molecule has 24 heavy (non-hydrogen) atoms. The molecule has 0 spiro atoms. The van der Waals surface area contributed by atoms with Crippen molar-refractivity contribution in [2.45, 2.75) is 57.6 Å². The van der Waals surface area contributed by atoms with Crippen LogP contribution in [0.1, 0.15) is 49.8 Å². The van der Waals surface area contributed by atoms with Crippen LogP contribution >= 0.6 is 11.3 Å². The number of hydrogen-bond donors (Lipinski definition) is 0. The monoisotopic (exact) mass is 349 g/mol. The van der Waals surface area contributed by atoms with Crippen LogP contribution in [0.15, 0.2) is 17.5 Å². The highest BCUT2D eigenvalue weighted by Gasteiger charge is 2.46. The molecule has 1 aliphatic carbocycles. The van der Waals surface area contributed by atoms with Gasteiger partial charge < -0.3 is 9.47 Å². The Labute approximate surface area is 150 Å². The van der Waals surface area contributed by atoms with E-state index in [2.05, 4.69) is 22.4 Å². The molecule has 0 radical (unpaired) electrons. The van der Waals surface area contributed by atoms with Crippen molar-refractivity contribution < 1.29 is 9.47 Å². The number of nitrogens with zero attached hydrogens (tertiary/aromatic N) is 1. The quantitative estimate of drug-likeness (QED) is 0.763. The number of hydrogen-bond acceptors (Lipinski definition) is 4. The Morgan fingerprint density at radius 2 is 2.17 bits per heavy atom. The van der Waals surface area contributed by atoms with E-state index in [0.717, 1.165) is 51.8 Å². The van der Waals surface area contributed by atoms with E-state index in [9.17, 15) is 0 Å². The van der Waals surface area contributed by atoms with Crippen LogP contribution in [0.25, 0.3) is 0 Å². The summed E-state index contributed by atoms with van der Waals surface area (Å²) in [6, 6.07) is 4.42. The van der Waals surface area contributed by atoms with Crippen molar-refractivity contribution in [3.05, 3.63) is 22.4 Å².